The van der Waals surface area contributed by atoms with E-state index in [1.807, 2.05) is 65.8 Å². The van der Waals surface area contributed by atoms with E-state index >= 15 is 0 Å². The third-order valence-electron chi connectivity index (χ3n) is 8.75. The Labute approximate surface area is 356 Å². The van der Waals surface area contributed by atoms with Crippen molar-refractivity contribution in [1.29, 1.82) is 0 Å². The average molecular weight is 954 g/mol. The molecule has 2 aliphatic carbocycles. The topological polar surface area (TPSA) is 185 Å². The summed E-state index contributed by atoms with van der Waals surface area (Å²) in [7, 11) is 0. The molecule has 0 atom stereocenters. The van der Waals surface area contributed by atoms with Gasteiger partial charge in [0, 0.05) is 87.7 Å². The maximum Gasteiger partial charge on any atom is 0.273 e. The Balaban J connectivity index is 0.000000541. The van der Waals surface area contributed by atoms with Crippen molar-refractivity contribution in [3.63, 3.8) is 0 Å². The van der Waals surface area contributed by atoms with Gasteiger partial charge in [0.1, 0.15) is 11.5 Å². The monoisotopic (exact) mass is 952 g/mol. The molecule has 0 aromatic heterocycles. The number of hydrogen-bond acceptors (Lipinski definition) is 10. The molecule has 2 aliphatic rings. The van der Waals surface area contributed by atoms with Gasteiger partial charge in [-0.3, -0.25) is 29.8 Å². The summed E-state index contributed by atoms with van der Waals surface area (Å²) >= 11 is 0. The van der Waals surface area contributed by atoms with Crippen LogP contribution in [-0.4, -0.2) is 31.6 Å². The number of phenolic OH excluding ortho intramolecular Hbond substituents is 2. The second kappa shape index (κ2) is 18.7. The summed E-state index contributed by atoms with van der Waals surface area (Å²) in [4.78, 5) is 44.4. The van der Waals surface area contributed by atoms with Crippen LogP contribution in [0.3, 0.4) is 0 Å². The SMILES string of the molecule is CC(C)(C)c1cc(N/C=C2/C=CC([N+](=O)[O-])=CC2=O)c(O)c(C(C)(C)C)c1.CC(C)(C)c1cc(N/C=C2/C=CC([N+](=O)[O-])=CC2=O)c(O)c(C(C)(C)C)c1.[Pd].[Pd]. The Morgan fingerprint density at radius 3 is 1.07 bits per heavy atom. The molecule has 308 valence electrons. The maximum absolute atomic E-state index is 12.1. The molecule has 56 heavy (non-hydrogen) atoms. The number of aromatic hydroxyl groups is 2. The zero-order chi connectivity index (χ0) is 41.1. The van der Waals surface area contributed by atoms with Gasteiger partial charge in [0.05, 0.1) is 33.4 Å². The number of benzene rings is 2. The van der Waals surface area contributed by atoms with Crippen molar-refractivity contribution in [2.24, 2.45) is 0 Å². The average Bonchev–Trinajstić information content (AvgIpc) is 3.02. The van der Waals surface area contributed by atoms with E-state index in [4.69, 9.17) is 0 Å². The van der Waals surface area contributed by atoms with Crippen molar-refractivity contribution >= 4 is 22.9 Å². The van der Waals surface area contributed by atoms with Crippen LogP contribution < -0.4 is 10.6 Å². The first-order valence-corrected chi connectivity index (χ1v) is 17.5. The number of ketones is 2. The number of hydrogen-bond donors (Lipinski definition) is 4. The zero-order valence-electron chi connectivity index (χ0n) is 33.8. The van der Waals surface area contributed by atoms with Crippen molar-refractivity contribution in [1.82, 2.24) is 0 Å². The first kappa shape index (κ1) is 49.6. The summed E-state index contributed by atoms with van der Waals surface area (Å²) in [5.74, 6) is -0.666. The molecule has 4 rings (SSSR count). The number of rotatable bonds is 6. The standard InChI is InChI=1S/2C21H26N2O4.2Pd/c2*1-20(2,3)14-9-16(21(4,5)6)19(25)17(10-14)22-12-13-7-8-15(23(26)27)11-18(13)24;;/h2*7-12,22,25H,1-6H3;;/b2*13-12-;;. The minimum atomic E-state index is -0.604. The van der Waals surface area contributed by atoms with E-state index in [9.17, 15) is 40.0 Å². The number of carbonyl (C=O) groups excluding carboxylic acids is 2. The molecule has 0 saturated carbocycles. The van der Waals surface area contributed by atoms with Crippen LogP contribution in [0.15, 0.2) is 95.7 Å². The van der Waals surface area contributed by atoms with E-state index < -0.39 is 21.4 Å². The number of nitrogens with one attached hydrogen (secondary N) is 2. The van der Waals surface area contributed by atoms with E-state index in [1.54, 1.807) is 0 Å². The number of allylic oxidation sites excluding steroid dienone is 8. The second-order valence-corrected chi connectivity index (χ2v) is 17.4. The van der Waals surface area contributed by atoms with Gasteiger partial charge in [-0.25, -0.2) is 0 Å². The Morgan fingerprint density at radius 2 is 0.839 bits per heavy atom. The van der Waals surface area contributed by atoms with Gasteiger partial charge in [0.15, 0.2) is 11.6 Å². The number of anilines is 2. The predicted octanol–water partition coefficient (Wildman–Crippen LogP) is 9.16. The number of carbonyl (C=O) groups is 2. The molecule has 12 nitrogen and oxygen atoms in total. The van der Waals surface area contributed by atoms with Crippen molar-refractivity contribution in [2.45, 2.75) is 105 Å². The Bertz CT molecular complexity index is 1920. The smallest absolute Gasteiger partial charge is 0.273 e. The van der Waals surface area contributed by atoms with Crippen LogP contribution in [0, 0.1) is 20.2 Å². The zero-order valence-corrected chi connectivity index (χ0v) is 36.9. The maximum atomic E-state index is 12.1. The fourth-order valence-electron chi connectivity index (χ4n) is 5.32. The molecule has 0 heterocycles. The first-order valence-electron chi connectivity index (χ1n) is 17.5. The van der Waals surface area contributed by atoms with Crippen LogP contribution in [-0.2, 0) is 72.1 Å². The predicted molar refractivity (Wildman–Crippen MR) is 213 cm³/mol. The van der Waals surface area contributed by atoms with Gasteiger partial charge in [0.2, 0.25) is 0 Å². The molecule has 0 bridgehead atoms. The molecule has 0 amide bonds. The van der Waals surface area contributed by atoms with E-state index in [-0.39, 0.29) is 96.5 Å². The van der Waals surface area contributed by atoms with Gasteiger partial charge in [-0.05, 0) is 57.1 Å². The molecule has 0 radical (unpaired) electrons. The number of nitrogens with zero attached hydrogens (tertiary/aromatic N) is 2. The van der Waals surface area contributed by atoms with Gasteiger partial charge in [-0.15, -0.1) is 0 Å². The third-order valence-corrected chi connectivity index (χ3v) is 8.75. The summed E-state index contributed by atoms with van der Waals surface area (Å²) in [5.41, 5.74) is 3.97. The summed E-state index contributed by atoms with van der Waals surface area (Å²) in [6.07, 6.45) is 10.2. The molecule has 0 unspecified atom stereocenters. The molecule has 2 aromatic carbocycles. The van der Waals surface area contributed by atoms with Crippen LogP contribution in [0.25, 0.3) is 0 Å². The minimum absolute atomic E-state index is 0. The van der Waals surface area contributed by atoms with E-state index in [1.165, 1.54) is 36.7 Å². The first-order chi connectivity index (χ1) is 24.6. The molecule has 0 fully saturated rings. The van der Waals surface area contributed by atoms with E-state index in [0.29, 0.717) is 11.4 Å². The largest absolute Gasteiger partial charge is 0.505 e. The molecular formula is C42H52N4O8Pd2. The second-order valence-electron chi connectivity index (χ2n) is 17.4. The van der Waals surface area contributed by atoms with Crippen LogP contribution in [0.5, 0.6) is 11.5 Å². The van der Waals surface area contributed by atoms with Crippen LogP contribution in [0.1, 0.15) is 105 Å². The van der Waals surface area contributed by atoms with Crippen molar-refractivity contribution in [3.8, 4) is 11.5 Å². The van der Waals surface area contributed by atoms with Crippen molar-refractivity contribution in [3.05, 3.63) is 138 Å². The van der Waals surface area contributed by atoms with Crippen LogP contribution in [0.4, 0.5) is 11.4 Å². The minimum Gasteiger partial charge on any atom is -0.505 e. The van der Waals surface area contributed by atoms with Crippen molar-refractivity contribution in [2.75, 3.05) is 10.6 Å². The number of phenols is 2. The molecule has 0 spiro atoms. The fourth-order valence-corrected chi connectivity index (χ4v) is 5.32. The summed E-state index contributed by atoms with van der Waals surface area (Å²) in [6.45, 7) is 24.7. The van der Waals surface area contributed by atoms with E-state index in [2.05, 4.69) is 52.2 Å². The fraction of sp³-hybridized carbons (Fsp3) is 0.381. The Morgan fingerprint density at radius 1 is 0.536 bits per heavy atom. The van der Waals surface area contributed by atoms with Crippen LogP contribution in [0.2, 0.25) is 0 Å². The Hall–Kier alpha value is -4.46. The number of nitro groups is 2. The quantitative estimate of drug-likeness (QED) is 0.0716. The molecule has 4 N–H and O–H groups in total. The Kier molecular flexibility index (Phi) is 16.5. The molecule has 0 saturated heterocycles. The van der Waals surface area contributed by atoms with Gasteiger partial charge in [-0.1, -0.05) is 95.2 Å². The molecular weight excluding hydrogens is 901 g/mol. The van der Waals surface area contributed by atoms with Gasteiger partial charge in [0.25, 0.3) is 11.4 Å². The third kappa shape index (κ3) is 12.8. The van der Waals surface area contributed by atoms with Gasteiger partial charge in [-0.2, -0.15) is 0 Å². The molecule has 14 heteroatoms. The van der Waals surface area contributed by atoms with E-state index in [0.717, 1.165) is 34.4 Å². The molecule has 0 aliphatic heterocycles. The van der Waals surface area contributed by atoms with Gasteiger partial charge >= 0.3 is 0 Å². The summed E-state index contributed by atoms with van der Waals surface area (Å²) < 4.78 is 0. The summed E-state index contributed by atoms with van der Waals surface area (Å²) in [6, 6.07) is 7.73. The normalized spacial score (nSPS) is 15.9. The summed E-state index contributed by atoms with van der Waals surface area (Å²) in [5, 5.41) is 49.0. The molecule has 2 aromatic rings. The van der Waals surface area contributed by atoms with Crippen LogP contribution >= 0.6 is 0 Å². The van der Waals surface area contributed by atoms with Crippen molar-refractivity contribution < 1.29 is 70.5 Å². The van der Waals surface area contributed by atoms with Gasteiger partial charge < -0.3 is 20.8 Å².